The number of carbonyl (C=O) groups is 2. The second-order valence-electron chi connectivity index (χ2n) is 5.11. The molecule has 1 fully saturated rings. The summed E-state index contributed by atoms with van der Waals surface area (Å²) in [6.07, 6.45) is 2.96. The summed E-state index contributed by atoms with van der Waals surface area (Å²) in [4.78, 5) is 23.8. The Bertz CT molecular complexity index is 555. The molecule has 0 spiro atoms. The second kappa shape index (κ2) is 6.20. The second-order valence-corrected chi connectivity index (χ2v) is 5.11. The van der Waals surface area contributed by atoms with Gasteiger partial charge in [-0.2, -0.15) is 5.26 Å². The summed E-state index contributed by atoms with van der Waals surface area (Å²) in [6.45, 7) is 1.60. The minimum atomic E-state index is -0.253. The number of hydrogen-bond acceptors (Lipinski definition) is 4. The van der Waals surface area contributed by atoms with Crippen LogP contribution in [0.3, 0.4) is 0 Å². The van der Waals surface area contributed by atoms with Crippen LogP contribution >= 0.6 is 0 Å². The molecular formula is C15H17N3O2. The number of hydrogen-bond donors (Lipinski definition) is 1. The van der Waals surface area contributed by atoms with Crippen LogP contribution in [0.15, 0.2) is 18.2 Å². The number of rotatable bonds is 4. The molecule has 0 bridgehead atoms. The smallest absolute Gasteiger partial charge is 0.217 e. The topological polar surface area (TPSA) is 87.2 Å². The summed E-state index contributed by atoms with van der Waals surface area (Å²) >= 11 is 0. The van der Waals surface area contributed by atoms with E-state index in [0.717, 1.165) is 37.9 Å². The van der Waals surface area contributed by atoms with Gasteiger partial charge < -0.3 is 10.6 Å². The average molecular weight is 271 g/mol. The molecule has 0 aliphatic carbocycles. The lowest BCUT2D eigenvalue weighted by Gasteiger charge is -2.33. The standard InChI is InChI=1S/C15H17N3O2/c16-9-13-7-12(10-19)1-2-14(13)18-5-3-11(4-6-18)8-15(17)20/h1-2,7,10-11H,3-6,8H2,(H2,17,20). The van der Waals surface area contributed by atoms with Crippen molar-refractivity contribution in [3.8, 4) is 6.07 Å². The first-order valence-electron chi connectivity index (χ1n) is 6.66. The van der Waals surface area contributed by atoms with Crippen LogP contribution in [0.25, 0.3) is 0 Å². The van der Waals surface area contributed by atoms with Crippen molar-refractivity contribution >= 4 is 17.9 Å². The van der Waals surface area contributed by atoms with E-state index >= 15 is 0 Å². The van der Waals surface area contributed by atoms with Crippen LogP contribution in [0, 0.1) is 17.2 Å². The number of aldehydes is 1. The van der Waals surface area contributed by atoms with E-state index in [1.54, 1.807) is 12.1 Å². The zero-order chi connectivity index (χ0) is 14.5. The van der Waals surface area contributed by atoms with Gasteiger partial charge in [-0.3, -0.25) is 9.59 Å². The number of nitrogens with two attached hydrogens (primary N) is 1. The number of carbonyl (C=O) groups excluding carboxylic acids is 2. The van der Waals surface area contributed by atoms with Gasteiger partial charge in [-0.15, -0.1) is 0 Å². The monoisotopic (exact) mass is 271 g/mol. The highest BCUT2D eigenvalue weighted by Gasteiger charge is 2.22. The molecule has 1 aromatic carbocycles. The van der Waals surface area contributed by atoms with E-state index in [4.69, 9.17) is 5.73 Å². The summed E-state index contributed by atoms with van der Waals surface area (Å²) in [5.41, 5.74) is 7.10. The van der Waals surface area contributed by atoms with Gasteiger partial charge in [0, 0.05) is 25.1 Å². The highest BCUT2D eigenvalue weighted by atomic mass is 16.1. The molecule has 5 nitrogen and oxygen atoms in total. The van der Waals surface area contributed by atoms with Crippen molar-refractivity contribution in [2.45, 2.75) is 19.3 Å². The molecule has 1 amide bonds. The molecule has 1 heterocycles. The third kappa shape index (κ3) is 3.15. The molecule has 20 heavy (non-hydrogen) atoms. The van der Waals surface area contributed by atoms with E-state index in [2.05, 4.69) is 11.0 Å². The first kappa shape index (κ1) is 14.1. The number of piperidine rings is 1. The highest BCUT2D eigenvalue weighted by Crippen LogP contribution is 2.27. The number of amides is 1. The molecule has 0 aromatic heterocycles. The van der Waals surface area contributed by atoms with Gasteiger partial charge in [0.2, 0.25) is 5.91 Å². The molecule has 0 unspecified atom stereocenters. The quantitative estimate of drug-likeness (QED) is 0.840. The van der Waals surface area contributed by atoms with Crippen LogP contribution < -0.4 is 10.6 Å². The van der Waals surface area contributed by atoms with E-state index in [1.165, 1.54) is 0 Å². The summed E-state index contributed by atoms with van der Waals surface area (Å²) in [6, 6.07) is 7.28. The maximum absolute atomic E-state index is 10.9. The number of nitrogens with zero attached hydrogens (tertiary/aromatic N) is 2. The number of benzene rings is 1. The van der Waals surface area contributed by atoms with Crippen LogP contribution in [-0.4, -0.2) is 25.3 Å². The maximum Gasteiger partial charge on any atom is 0.217 e. The van der Waals surface area contributed by atoms with E-state index in [-0.39, 0.29) is 5.91 Å². The molecule has 2 N–H and O–H groups in total. The summed E-state index contributed by atoms with van der Waals surface area (Å²) in [5, 5.41) is 9.19. The Kier molecular flexibility index (Phi) is 4.36. The minimum absolute atomic E-state index is 0.253. The van der Waals surface area contributed by atoms with E-state index < -0.39 is 0 Å². The fourth-order valence-electron chi connectivity index (χ4n) is 2.65. The zero-order valence-corrected chi connectivity index (χ0v) is 11.2. The first-order valence-corrected chi connectivity index (χ1v) is 6.66. The molecule has 1 aromatic rings. The molecular weight excluding hydrogens is 254 g/mol. The van der Waals surface area contributed by atoms with Crippen molar-refractivity contribution in [2.75, 3.05) is 18.0 Å². The van der Waals surface area contributed by atoms with Crippen molar-refractivity contribution < 1.29 is 9.59 Å². The molecule has 2 rings (SSSR count). The van der Waals surface area contributed by atoms with E-state index in [1.807, 2.05) is 6.07 Å². The van der Waals surface area contributed by atoms with Gasteiger partial charge in [0.1, 0.15) is 12.4 Å². The Morgan fingerprint density at radius 2 is 2.15 bits per heavy atom. The van der Waals surface area contributed by atoms with Crippen LogP contribution in [0.4, 0.5) is 5.69 Å². The van der Waals surface area contributed by atoms with Crippen LogP contribution in [-0.2, 0) is 4.79 Å². The number of anilines is 1. The third-order valence-corrected chi connectivity index (χ3v) is 3.72. The Morgan fingerprint density at radius 1 is 1.45 bits per heavy atom. The molecule has 1 aliphatic rings. The molecule has 1 aliphatic heterocycles. The lowest BCUT2D eigenvalue weighted by Crippen LogP contribution is -2.35. The summed E-state index contributed by atoms with van der Waals surface area (Å²) < 4.78 is 0. The Labute approximate surface area is 118 Å². The van der Waals surface area contributed by atoms with Gasteiger partial charge in [-0.05, 0) is 37.0 Å². The minimum Gasteiger partial charge on any atom is -0.370 e. The molecule has 5 heteroatoms. The van der Waals surface area contributed by atoms with Crippen molar-refractivity contribution in [3.05, 3.63) is 29.3 Å². The lowest BCUT2D eigenvalue weighted by atomic mass is 9.92. The van der Waals surface area contributed by atoms with Crippen molar-refractivity contribution in [1.82, 2.24) is 0 Å². The lowest BCUT2D eigenvalue weighted by molar-refractivity contribution is -0.119. The molecule has 0 atom stereocenters. The molecule has 1 saturated heterocycles. The van der Waals surface area contributed by atoms with Crippen LogP contribution in [0.5, 0.6) is 0 Å². The van der Waals surface area contributed by atoms with Gasteiger partial charge >= 0.3 is 0 Å². The molecule has 104 valence electrons. The fraction of sp³-hybridized carbons (Fsp3) is 0.400. The zero-order valence-electron chi connectivity index (χ0n) is 11.2. The molecule has 0 radical (unpaired) electrons. The predicted molar refractivity (Wildman–Crippen MR) is 75.3 cm³/mol. The van der Waals surface area contributed by atoms with Gasteiger partial charge in [0.25, 0.3) is 0 Å². The van der Waals surface area contributed by atoms with Crippen molar-refractivity contribution in [1.29, 1.82) is 5.26 Å². The Morgan fingerprint density at radius 3 is 2.70 bits per heavy atom. The summed E-state index contributed by atoms with van der Waals surface area (Å²) in [5.74, 6) is 0.0834. The largest absolute Gasteiger partial charge is 0.370 e. The third-order valence-electron chi connectivity index (χ3n) is 3.72. The van der Waals surface area contributed by atoms with E-state index in [9.17, 15) is 14.9 Å². The van der Waals surface area contributed by atoms with Gasteiger partial charge in [-0.25, -0.2) is 0 Å². The highest BCUT2D eigenvalue weighted by molar-refractivity contribution is 5.78. The normalized spacial score (nSPS) is 15.7. The Hall–Kier alpha value is -2.35. The van der Waals surface area contributed by atoms with Crippen LogP contribution in [0.2, 0.25) is 0 Å². The summed E-state index contributed by atoms with van der Waals surface area (Å²) in [7, 11) is 0. The fourth-order valence-corrected chi connectivity index (χ4v) is 2.65. The van der Waals surface area contributed by atoms with Crippen LogP contribution in [0.1, 0.15) is 35.2 Å². The van der Waals surface area contributed by atoms with Gasteiger partial charge in [0.05, 0.1) is 11.3 Å². The van der Waals surface area contributed by atoms with Gasteiger partial charge in [-0.1, -0.05) is 0 Å². The maximum atomic E-state index is 10.9. The molecule has 0 saturated carbocycles. The van der Waals surface area contributed by atoms with E-state index in [0.29, 0.717) is 23.5 Å². The SMILES string of the molecule is N#Cc1cc(C=O)ccc1N1CCC(CC(N)=O)CC1. The van der Waals surface area contributed by atoms with Crippen molar-refractivity contribution in [2.24, 2.45) is 11.7 Å². The Balaban J connectivity index is 2.09. The number of primary amides is 1. The predicted octanol–water partition coefficient (Wildman–Crippen LogP) is 1.46. The van der Waals surface area contributed by atoms with Crippen molar-refractivity contribution in [3.63, 3.8) is 0 Å². The van der Waals surface area contributed by atoms with Gasteiger partial charge in [0.15, 0.2) is 0 Å². The first-order chi connectivity index (χ1) is 9.63. The number of nitriles is 1. The average Bonchev–Trinajstić information content (AvgIpc) is 2.47.